The van der Waals surface area contributed by atoms with E-state index < -0.39 is 0 Å². The zero-order valence-corrected chi connectivity index (χ0v) is 10.3. The molecule has 0 heterocycles. The highest BCUT2D eigenvalue weighted by Crippen LogP contribution is 2.24. The second-order valence-electron chi connectivity index (χ2n) is 3.77. The molecule has 0 spiro atoms. The largest absolute Gasteiger partial charge is 0.398 e. The first kappa shape index (κ1) is 13.0. The maximum atomic E-state index is 10.7. The van der Waals surface area contributed by atoms with Gasteiger partial charge in [-0.05, 0) is 36.6 Å². The Hall–Kier alpha value is -1.06. The molecule has 1 aromatic rings. The average molecular weight is 241 g/mol. The van der Waals surface area contributed by atoms with Crippen LogP contribution in [0.15, 0.2) is 12.1 Å². The highest BCUT2D eigenvalue weighted by Gasteiger charge is 2.09. The Morgan fingerprint density at radius 1 is 1.56 bits per heavy atom. The predicted molar refractivity (Wildman–Crippen MR) is 67.6 cm³/mol. The van der Waals surface area contributed by atoms with Crippen molar-refractivity contribution >= 4 is 23.6 Å². The number of nitrogen functional groups attached to an aromatic ring is 1. The second kappa shape index (κ2) is 5.87. The summed E-state index contributed by atoms with van der Waals surface area (Å²) in [6, 6.07) is 3.44. The van der Waals surface area contributed by atoms with Crippen molar-refractivity contribution in [3.05, 3.63) is 28.3 Å². The smallest absolute Gasteiger partial charge is 0.136 e. The third-order valence-corrected chi connectivity index (χ3v) is 3.12. The lowest BCUT2D eigenvalue weighted by Gasteiger charge is -2.14. The van der Waals surface area contributed by atoms with E-state index in [1.807, 2.05) is 13.8 Å². The van der Waals surface area contributed by atoms with Gasteiger partial charge in [0.15, 0.2) is 0 Å². The van der Waals surface area contributed by atoms with E-state index in [9.17, 15) is 4.79 Å². The molecule has 0 saturated carbocycles. The number of nitrogens with two attached hydrogens (primary N) is 1. The number of carbonyl (C=O) groups excluding carboxylic acids is 1. The Morgan fingerprint density at radius 2 is 2.25 bits per heavy atom. The molecule has 0 aliphatic rings. The zero-order chi connectivity index (χ0) is 12.1. The summed E-state index contributed by atoms with van der Waals surface area (Å²) >= 11 is 6.02. The number of aldehydes is 1. The number of nitrogens with one attached hydrogen (secondary N) is 1. The molecule has 0 amide bonds. The first-order chi connectivity index (χ1) is 7.60. The fraction of sp³-hybridized carbons (Fsp3) is 0.417. The molecule has 88 valence electrons. The summed E-state index contributed by atoms with van der Waals surface area (Å²) in [5, 5.41) is 3.84. The van der Waals surface area contributed by atoms with Crippen molar-refractivity contribution in [2.45, 2.75) is 32.9 Å². The molecule has 1 rings (SSSR count). The minimum Gasteiger partial charge on any atom is -0.398 e. The van der Waals surface area contributed by atoms with Crippen LogP contribution >= 0.6 is 11.6 Å². The van der Waals surface area contributed by atoms with Gasteiger partial charge in [-0.3, -0.25) is 0 Å². The highest BCUT2D eigenvalue weighted by molar-refractivity contribution is 6.31. The van der Waals surface area contributed by atoms with E-state index in [4.69, 9.17) is 17.3 Å². The van der Waals surface area contributed by atoms with Crippen LogP contribution < -0.4 is 11.1 Å². The number of carbonyl (C=O) groups is 1. The SMILES string of the molecule is CCC(C=O)NCc1c(N)ccc(Cl)c1C. The van der Waals surface area contributed by atoms with Gasteiger partial charge in [-0.2, -0.15) is 0 Å². The lowest BCUT2D eigenvalue weighted by Crippen LogP contribution is -2.29. The minimum absolute atomic E-state index is 0.127. The molecule has 4 heteroatoms. The van der Waals surface area contributed by atoms with Crippen molar-refractivity contribution in [3.63, 3.8) is 0 Å². The number of anilines is 1. The van der Waals surface area contributed by atoms with Gasteiger partial charge in [0.2, 0.25) is 0 Å². The molecule has 16 heavy (non-hydrogen) atoms. The lowest BCUT2D eigenvalue weighted by molar-refractivity contribution is -0.109. The van der Waals surface area contributed by atoms with Crippen molar-refractivity contribution in [1.29, 1.82) is 0 Å². The molecule has 0 fully saturated rings. The van der Waals surface area contributed by atoms with Gasteiger partial charge in [-0.25, -0.2) is 0 Å². The van der Waals surface area contributed by atoms with Crippen LogP contribution in [0, 0.1) is 6.92 Å². The van der Waals surface area contributed by atoms with Crippen LogP contribution in [-0.4, -0.2) is 12.3 Å². The Labute approximate surface area is 101 Å². The quantitative estimate of drug-likeness (QED) is 0.613. The van der Waals surface area contributed by atoms with E-state index >= 15 is 0 Å². The Balaban J connectivity index is 2.80. The van der Waals surface area contributed by atoms with Crippen molar-refractivity contribution in [3.8, 4) is 0 Å². The van der Waals surface area contributed by atoms with Gasteiger partial charge >= 0.3 is 0 Å². The maximum absolute atomic E-state index is 10.7. The first-order valence-corrected chi connectivity index (χ1v) is 5.70. The van der Waals surface area contributed by atoms with Crippen molar-refractivity contribution < 1.29 is 4.79 Å². The van der Waals surface area contributed by atoms with E-state index in [1.54, 1.807) is 12.1 Å². The van der Waals surface area contributed by atoms with E-state index in [2.05, 4.69) is 5.32 Å². The van der Waals surface area contributed by atoms with Gasteiger partial charge in [0, 0.05) is 17.3 Å². The molecule has 0 aromatic heterocycles. The number of hydrogen-bond donors (Lipinski definition) is 2. The van der Waals surface area contributed by atoms with Gasteiger partial charge in [0.05, 0.1) is 6.04 Å². The normalized spacial score (nSPS) is 12.4. The number of halogens is 1. The van der Waals surface area contributed by atoms with Gasteiger partial charge in [-0.15, -0.1) is 0 Å². The van der Waals surface area contributed by atoms with E-state index in [-0.39, 0.29) is 6.04 Å². The molecule has 0 saturated heterocycles. The summed E-state index contributed by atoms with van der Waals surface area (Å²) in [5.41, 5.74) is 8.51. The summed E-state index contributed by atoms with van der Waals surface area (Å²) in [6.45, 7) is 4.45. The molecule has 1 atom stereocenters. The van der Waals surface area contributed by atoms with Crippen LogP contribution in [0.4, 0.5) is 5.69 Å². The highest BCUT2D eigenvalue weighted by atomic mass is 35.5. The standard InChI is InChI=1S/C12H17ClN2O/c1-3-9(7-16)15-6-10-8(2)11(13)4-5-12(10)14/h4-5,7,9,15H,3,6,14H2,1-2H3. The van der Waals surface area contributed by atoms with Gasteiger partial charge in [0.25, 0.3) is 0 Å². The van der Waals surface area contributed by atoms with Crippen LogP contribution in [0.1, 0.15) is 24.5 Å². The number of benzene rings is 1. The van der Waals surface area contributed by atoms with Gasteiger partial charge in [0.1, 0.15) is 6.29 Å². The Morgan fingerprint density at radius 3 is 2.81 bits per heavy atom. The molecule has 3 N–H and O–H groups in total. The van der Waals surface area contributed by atoms with Gasteiger partial charge < -0.3 is 15.8 Å². The first-order valence-electron chi connectivity index (χ1n) is 5.32. The molecular formula is C12H17ClN2O. The Bertz CT molecular complexity index is 380. The molecule has 0 radical (unpaired) electrons. The topological polar surface area (TPSA) is 55.1 Å². The lowest BCUT2D eigenvalue weighted by atomic mass is 10.1. The van der Waals surface area contributed by atoms with Crippen LogP contribution in [0.3, 0.4) is 0 Å². The molecule has 0 bridgehead atoms. The van der Waals surface area contributed by atoms with Crippen LogP contribution in [-0.2, 0) is 11.3 Å². The molecular weight excluding hydrogens is 224 g/mol. The third kappa shape index (κ3) is 2.97. The summed E-state index contributed by atoms with van der Waals surface area (Å²) < 4.78 is 0. The number of hydrogen-bond acceptors (Lipinski definition) is 3. The van der Waals surface area contributed by atoms with Crippen molar-refractivity contribution in [2.75, 3.05) is 5.73 Å². The zero-order valence-electron chi connectivity index (χ0n) is 9.59. The summed E-state index contributed by atoms with van der Waals surface area (Å²) in [6.07, 6.45) is 1.68. The van der Waals surface area contributed by atoms with Crippen LogP contribution in [0.5, 0.6) is 0 Å². The maximum Gasteiger partial charge on any atom is 0.136 e. The predicted octanol–water partition coefficient (Wildman–Crippen LogP) is 2.30. The summed E-state index contributed by atoms with van der Waals surface area (Å²) in [7, 11) is 0. The summed E-state index contributed by atoms with van der Waals surface area (Å²) in [4.78, 5) is 10.7. The van der Waals surface area contributed by atoms with E-state index in [1.165, 1.54) is 0 Å². The Kier molecular flexibility index (Phi) is 4.77. The van der Waals surface area contributed by atoms with Crippen LogP contribution in [0.25, 0.3) is 0 Å². The van der Waals surface area contributed by atoms with E-state index in [0.29, 0.717) is 17.3 Å². The molecule has 3 nitrogen and oxygen atoms in total. The van der Waals surface area contributed by atoms with Gasteiger partial charge in [-0.1, -0.05) is 18.5 Å². The fourth-order valence-corrected chi connectivity index (χ4v) is 1.68. The van der Waals surface area contributed by atoms with Crippen LogP contribution in [0.2, 0.25) is 5.02 Å². The monoisotopic (exact) mass is 240 g/mol. The summed E-state index contributed by atoms with van der Waals surface area (Å²) in [5.74, 6) is 0. The average Bonchev–Trinajstić information content (AvgIpc) is 2.29. The van der Waals surface area contributed by atoms with E-state index in [0.717, 1.165) is 23.8 Å². The molecule has 1 unspecified atom stereocenters. The third-order valence-electron chi connectivity index (χ3n) is 2.71. The van der Waals surface area contributed by atoms with Crippen molar-refractivity contribution in [1.82, 2.24) is 5.32 Å². The molecule has 1 aromatic carbocycles. The number of rotatable bonds is 5. The molecule has 0 aliphatic carbocycles. The molecule has 0 aliphatic heterocycles. The fourth-order valence-electron chi connectivity index (χ4n) is 1.51. The van der Waals surface area contributed by atoms with Crippen molar-refractivity contribution in [2.24, 2.45) is 0 Å². The second-order valence-corrected chi connectivity index (χ2v) is 4.18. The minimum atomic E-state index is -0.127.